The van der Waals surface area contributed by atoms with Crippen LogP contribution in [-0.2, 0) is 0 Å². The first kappa shape index (κ1) is 12.0. The lowest BCUT2D eigenvalue weighted by Gasteiger charge is -2.06. The van der Waals surface area contributed by atoms with Crippen molar-refractivity contribution in [2.24, 2.45) is 0 Å². The minimum Gasteiger partial charge on any atom is -0.298 e. The van der Waals surface area contributed by atoms with Crippen molar-refractivity contribution in [1.82, 2.24) is 0 Å². The van der Waals surface area contributed by atoms with E-state index in [0.717, 1.165) is 20.8 Å². The number of rotatable bonds is 1. The molecule has 0 heterocycles. The molecule has 0 radical (unpaired) electrons. The average molecular weight is 534 g/mol. The van der Waals surface area contributed by atoms with Crippen molar-refractivity contribution in [3.05, 3.63) is 40.5 Å². The van der Waals surface area contributed by atoms with Gasteiger partial charge in [0.25, 0.3) is 0 Å². The molecule has 0 aliphatic heterocycles. The lowest BCUT2D eigenvalue weighted by atomic mass is 10.1. The second-order valence-corrected chi connectivity index (χ2v) is 6.56. The highest BCUT2D eigenvalue weighted by molar-refractivity contribution is 14.1. The van der Waals surface area contributed by atoms with Crippen molar-refractivity contribution in [2.45, 2.75) is 0 Å². The summed E-state index contributed by atoms with van der Waals surface area (Å²) in [4.78, 5) is 10.8. The van der Waals surface area contributed by atoms with E-state index in [-0.39, 0.29) is 0 Å². The fourth-order valence-electron chi connectivity index (χ4n) is 1.43. The molecule has 0 atom stereocenters. The summed E-state index contributed by atoms with van der Waals surface area (Å²) in [6.45, 7) is 0. The van der Waals surface area contributed by atoms with E-state index < -0.39 is 0 Å². The molecule has 2 aromatic rings. The van der Waals surface area contributed by atoms with Gasteiger partial charge in [0.1, 0.15) is 0 Å². The van der Waals surface area contributed by atoms with Crippen LogP contribution in [-0.4, -0.2) is 6.29 Å². The average Bonchev–Trinajstić information content (AvgIpc) is 2.19. The number of halogens is 3. The zero-order valence-electron chi connectivity index (χ0n) is 7.43. The Morgan fingerprint density at radius 2 is 1.73 bits per heavy atom. The van der Waals surface area contributed by atoms with Gasteiger partial charge in [-0.05, 0) is 96.7 Å². The predicted molar refractivity (Wildman–Crippen MR) is 87.5 cm³/mol. The largest absolute Gasteiger partial charge is 0.298 e. The molecule has 0 amide bonds. The monoisotopic (exact) mass is 534 g/mol. The van der Waals surface area contributed by atoms with Gasteiger partial charge in [0, 0.05) is 16.3 Å². The summed E-state index contributed by atoms with van der Waals surface area (Å²) in [7, 11) is 0. The smallest absolute Gasteiger partial charge is 0.151 e. The normalized spacial score (nSPS) is 10.6. The van der Waals surface area contributed by atoms with E-state index in [0.29, 0.717) is 0 Å². The Morgan fingerprint density at radius 3 is 2.40 bits per heavy atom. The van der Waals surface area contributed by atoms with Crippen molar-refractivity contribution < 1.29 is 4.79 Å². The van der Waals surface area contributed by atoms with Crippen LogP contribution in [0.4, 0.5) is 0 Å². The van der Waals surface area contributed by atoms with Crippen LogP contribution in [0.15, 0.2) is 24.3 Å². The van der Waals surface area contributed by atoms with Gasteiger partial charge in [0.15, 0.2) is 6.29 Å². The Morgan fingerprint density at radius 1 is 1.00 bits per heavy atom. The molecule has 76 valence electrons. The Bertz CT molecular complexity index is 549. The van der Waals surface area contributed by atoms with Gasteiger partial charge in [-0.2, -0.15) is 0 Å². The van der Waals surface area contributed by atoms with Crippen LogP contribution in [0, 0.1) is 10.7 Å². The molecule has 0 N–H and O–H groups in total. The van der Waals surface area contributed by atoms with Crippen LogP contribution in [0.3, 0.4) is 0 Å². The highest BCUT2D eigenvalue weighted by Crippen LogP contribution is 2.29. The highest BCUT2D eigenvalue weighted by atomic mass is 127. The zero-order valence-corrected chi connectivity index (χ0v) is 13.9. The third-order valence-electron chi connectivity index (χ3n) is 2.14. The third-order valence-corrected chi connectivity index (χ3v) is 4.86. The fourth-order valence-corrected chi connectivity index (χ4v) is 4.21. The van der Waals surface area contributed by atoms with Crippen molar-refractivity contribution in [3.8, 4) is 0 Å². The third kappa shape index (κ3) is 2.31. The van der Waals surface area contributed by atoms with Gasteiger partial charge in [0.2, 0.25) is 0 Å². The number of fused-ring (bicyclic) bond motifs is 1. The molecule has 0 unspecified atom stereocenters. The molecule has 0 bridgehead atoms. The Labute approximate surface area is 128 Å². The quantitative estimate of drug-likeness (QED) is 0.391. The van der Waals surface area contributed by atoms with E-state index in [1.807, 2.05) is 12.1 Å². The van der Waals surface area contributed by atoms with E-state index in [2.05, 4.69) is 79.9 Å². The summed E-state index contributed by atoms with van der Waals surface area (Å²) in [5.74, 6) is 0. The number of hydrogen-bond acceptors (Lipinski definition) is 1. The lowest BCUT2D eigenvalue weighted by molar-refractivity contribution is 0.112. The highest BCUT2D eigenvalue weighted by Gasteiger charge is 2.07. The Hall–Kier alpha value is 0.560. The first-order valence-electron chi connectivity index (χ1n) is 4.16. The molecule has 0 aliphatic rings. The maximum atomic E-state index is 10.8. The summed E-state index contributed by atoms with van der Waals surface area (Å²) in [6.07, 6.45) is 0.911. The molecular formula is C11H5I3O. The predicted octanol–water partition coefficient (Wildman–Crippen LogP) is 4.47. The van der Waals surface area contributed by atoms with Crippen molar-refractivity contribution in [1.29, 1.82) is 0 Å². The van der Waals surface area contributed by atoms with Gasteiger partial charge in [-0.3, -0.25) is 4.79 Å². The number of hydrogen-bond donors (Lipinski definition) is 0. The molecule has 1 nitrogen and oxygen atoms in total. The maximum absolute atomic E-state index is 10.8. The van der Waals surface area contributed by atoms with E-state index >= 15 is 0 Å². The summed E-state index contributed by atoms with van der Waals surface area (Å²) in [5.41, 5.74) is 0.765. The molecule has 0 saturated carbocycles. The van der Waals surface area contributed by atoms with E-state index in [1.165, 1.54) is 12.5 Å². The molecule has 0 aromatic heterocycles. The van der Waals surface area contributed by atoms with Crippen molar-refractivity contribution in [2.75, 3.05) is 0 Å². The molecule has 0 spiro atoms. The number of benzene rings is 2. The van der Waals surface area contributed by atoms with Gasteiger partial charge in [-0.15, -0.1) is 0 Å². The Balaban J connectivity index is 2.92. The van der Waals surface area contributed by atoms with Gasteiger partial charge >= 0.3 is 0 Å². The minimum atomic E-state index is 0.765. The van der Waals surface area contributed by atoms with Gasteiger partial charge < -0.3 is 0 Å². The Kier molecular flexibility index (Phi) is 3.87. The molecule has 15 heavy (non-hydrogen) atoms. The minimum absolute atomic E-state index is 0.765. The van der Waals surface area contributed by atoms with Gasteiger partial charge in [-0.1, -0.05) is 6.07 Å². The van der Waals surface area contributed by atoms with Crippen molar-refractivity contribution >= 4 is 84.8 Å². The molecular weight excluding hydrogens is 529 g/mol. The summed E-state index contributed by atoms with van der Waals surface area (Å²) < 4.78 is 3.46. The second-order valence-electron chi connectivity index (χ2n) is 3.07. The van der Waals surface area contributed by atoms with Crippen LogP contribution in [0.1, 0.15) is 10.4 Å². The first-order valence-corrected chi connectivity index (χ1v) is 7.39. The van der Waals surface area contributed by atoms with Crippen molar-refractivity contribution in [3.63, 3.8) is 0 Å². The van der Waals surface area contributed by atoms with Crippen LogP contribution in [0.25, 0.3) is 10.8 Å². The maximum Gasteiger partial charge on any atom is 0.151 e. The molecule has 2 rings (SSSR count). The van der Waals surface area contributed by atoms with E-state index in [9.17, 15) is 4.79 Å². The number of carbonyl (C=O) groups is 1. The number of aldehydes is 1. The van der Waals surface area contributed by atoms with Crippen LogP contribution in [0.5, 0.6) is 0 Å². The van der Waals surface area contributed by atoms with Crippen LogP contribution < -0.4 is 0 Å². The second kappa shape index (κ2) is 4.82. The lowest BCUT2D eigenvalue weighted by Crippen LogP contribution is -1.90. The molecule has 0 fully saturated rings. The fraction of sp³-hybridized carbons (Fsp3) is 0. The summed E-state index contributed by atoms with van der Waals surface area (Å²) >= 11 is 6.86. The molecule has 0 aliphatic carbocycles. The van der Waals surface area contributed by atoms with Crippen LogP contribution in [0.2, 0.25) is 0 Å². The molecule has 0 saturated heterocycles. The topological polar surface area (TPSA) is 17.1 Å². The van der Waals surface area contributed by atoms with E-state index in [1.54, 1.807) is 0 Å². The zero-order chi connectivity index (χ0) is 11.0. The summed E-state index contributed by atoms with van der Waals surface area (Å²) in [6, 6.07) is 8.15. The molecule has 2 aromatic carbocycles. The van der Waals surface area contributed by atoms with Gasteiger partial charge in [-0.25, -0.2) is 0 Å². The number of carbonyl (C=O) groups excluding carboxylic acids is 1. The van der Waals surface area contributed by atoms with E-state index in [4.69, 9.17) is 0 Å². The first-order chi connectivity index (χ1) is 7.13. The summed E-state index contributed by atoms with van der Waals surface area (Å²) in [5, 5.41) is 2.38. The molecule has 4 heteroatoms. The standard InChI is InChI=1S/C11H5I3O/c12-7-3-9-8(10(13)4-7)2-1-6(5-15)11(9)14/h1-5H. The SMILES string of the molecule is O=Cc1ccc2c(I)cc(I)cc2c1I. The van der Waals surface area contributed by atoms with Gasteiger partial charge in [0.05, 0.1) is 0 Å². The van der Waals surface area contributed by atoms with Crippen LogP contribution >= 0.6 is 67.8 Å².